The number of anilines is 1. The standard InChI is InChI=1S/C20H27FN2O4S/c1-12(2)16-8-15(21)9-17(13(3)4)19(16)22-11-23-28(25,26)18-7-14(10-27-18)20(24)5-6-20/h7-10,12-13,22-24H,5-6,11H2,1-4H3. The van der Waals surface area contributed by atoms with Crippen molar-refractivity contribution < 1.29 is 22.3 Å². The lowest BCUT2D eigenvalue weighted by atomic mass is 9.92. The van der Waals surface area contributed by atoms with Gasteiger partial charge in [-0.3, -0.25) is 0 Å². The molecule has 0 radical (unpaired) electrons. The van der Waals surface area contributed by atoms with E-state index in [0.717, 1.165) is 16.8 Å². The average Bonchev–Trinajstić information content (AvgIpc) is 3.15. The highest BCUT2D eigenvalue weighted by Gasteiger charge is 2.44. The van der Waals surface area contributed by atoms with Gasteiger partial charge in [0.05, 0.1) is 18.5 Å². The van der Waals surface area contributed by atoms with Gasteiger partial charge in [0.1, 0.15) is 5.82 Å². The third-order valence-corrected chi connectivity index (χ3v) is 6.30. The second-order valence-corrected chi connectivity index (χ2v) is 9.65. The third-order valence-electron chi connectivity index (χ3n) is 5.04. The highest BCUT2D eigenvalue weighted by molar-refractivity contribution is 7.89. The van der Waals surface area contributed by atoms with Crippen molar-refractivity contribution in [3.05, 3.63) is 47.0 Å². The van der Waals surface area contributed by atoms with Crippen LogP contribution in [-0.4, -0.2) is 20.2 Å². The Kier molecular flexibility index (Phi) is 5.58. The smallest absolute Gasteiger partial charge is 0.275 e. The minimum Gasteiger partial charge on any atom is -0.451 e. The van der Waals surface area contributed by atoms with E-state index in [1.807, 2.05) is 27.7 Å². The maximum absolute atomic E-state index is 14.0. The summed E-state index contributed by atoms with van der Waals surface area (Å²) in [5, 5.41) is 12.9. The van der Waals surface area contributed by atoms with Crippen molar-refractivity contribution in [3.63, 3.8) is 0 Å². The van der Waals surface area contributed by atoms with Crippen LogP contribution in [0.4, 0.5) is 10.1 Å². The summed E-state index contributed by atoms with van der Waals surface area (Å²) in [6.45, 7) is 7.76. The summed E-state index contributed by atoms with van der Waals surface area (Å²) in [6.07, 6.45) is 2.48. The molecule has 3 N–H and O–H groups in total. The number of furan rings is 1. The Bertz CT molecular complexity index is 933. The molecule has 1 saturated carbocycles. The first-order chi connectivity index (χ1) is 13.0. The molecule has 0 amide bonds. The van der Waals surface area contributed by atoms with Crippen molar-refractivity contribution in [2.45, 2.75) is 63.1 Å². The number of sulfonamides is 1. The molecule has 1 heterocycles. The van der Waals surface area contributed by atoms with E-state index >= 15 is 0 Å². The lowest BCUT2D eigenvalue weighted by Gasteiger charge is -2.21. The molecule has 0 bridgehead atoms. The summed E-state index contributed by atoms with van der Waals surface area (Å²) in [4.78, 5) is 0. The number of aliphatic hydroxyl groups is 1. The SMILES string of the molecule is CC(C)c1cc(F)cc(C(C)C)c1NCNS(=O)(=O)c1cc(C2(O)CC2)co1. The second kappa shape index (κ2) is 7.50. The van der Waals surface area contributed by atoms with E-state index in [4.69, 9.17) is 4.42 Å². The molecule has 1 aromatic carbocycles. The van der Waals surface area contributed by atoms with E-state index in [2.05, 4.69) is 10.0 Å². The summed E-state index contributed by atoms with van der Waals surface area (Å²) in [6, 6.07) is 4.30. The molecule has 0 aliphatic heterocycles. The Morgan fingerprint density at radius 2 is 1.71 bits per heavy atom. The zero-order chi connectivity index (χ0) is 20.7. The molecule has 1 aliphatic carbocycles. The van der Waals surface area contributed by atoms with Gasteiger partial charge < -0.3 is 14.8 Å². The normalized spacial score (nSPS) is 16.0. The molecule has 3 rings (SSSR count). The fourth-order valence-corrected chi connectivity index (χ4v) is 4.03. The fourth-order valence-electron chi connectivity index (χ4n) is 3.16. The molecule has 0 saturated heterocycles. The van der Waals surface area contributed by atoms with Crippen LogP contribution in [0.15, 0.2) is 34.0 Å². The van der Waals surface area contributed by atoms with E-state index in [1.165, 1.54) is 24.5 Å². The van der Waals surface area contributed by atoms with E-state index in [0.29, 0.717) is 18.4 Å². The van der Waals surface area contributed by atoms with Crippen LogP contribution in [0.1, 0.15) is 69.1 Å². The van der Waals surface area contributed by atoms with Gasteiger partial charge in [0.15, 0.2) is 0 Å². The van der Waals surface area contributed by atoms with Crippen LogP contribution in [0.5, 0.6) is 0 Å². The van der Waals surface area contributed by atoms with Crippen molar-refractivity contribution in [3.8, 4) is 0 Å². The lowest BCUT2D eigenvalue weighted by Crippen LogP contribution is -2.29. The number of halogens is 1. The largest absolute Gasteiger partial charge is 0.451 e. The Morgan fingerprint density at radius 3 is 2.21 bits per heavy atom. The number of benzene rings is 1. The van der Waals surface area contributed by atoms with Gasteiger partial charge in [-0.15, -0.1) is 0 Å². The highest BCUT2D eigenvalue weighted by atomic mass is 32.2. The molecular formula is C20H27FN2O4S. The van der Waals surface area contributed by atoms with Gasteiger partial charge in [-0.2, -0.15) is 4.72 Å². The third kappa shape index (κ3) is 4.24. The van der Waals surface area contributed by atoms with Crippen LogP contribution in [0.25, 0.3) is 0 Å². The molecule has 1 aliphatic rings. The van der Waals surface area contributed by atoms with Gasteiger partial charge >= 0.3 is 0 Å². The molecular weight excluding hydrogens is 383 g/mol. The first kappa shape index (κ1) is 20.8. The van der Waals surface area contributed by atoms with Crippen LogP contribution >= 0.6 is 0 Å². The maximum atomic E-state index is 14.0. The summed E-state index contributed by atoms with van der Waals surface area (Å²) in [5.41, 5.74) is 1.84. The zero-order valence-electron chi connectivity index (χ0n) is 16.5. The summed E-state index contributed by atoms with van der Waals surface area (Å²) < 4.78 is 46.6. The molecule has 0 spiro atoms. The molecule has 1 aromatic heterocycles. The second-order valence-electron chi connectivity index (χ2n) is 7.96. The molecule has 0 atom stereocenters. The Morgan fingerprint density at radius 1 is 1.14 bits per heavy atom. The Hall–Kier alpha value is -1.90. The van der Waals surface area contributed by atoms with Crippen molar-refractivity contribution in [2.75, 3.05) is 12.0 Å². The first-order valence-corrected chi connectivity index (χ1v) is 10.9. The lowest BCUT2D eigenvalue weighted by molar-refractivity contribution is 0.150. The van der Waals surface area contributed by atoms with Crippen molar-refractivity contribution in [2.24, 2.45) is 0 Å². The topological polar surface area (TPSA) is 91.6 Å². The molecule has 2 aromatic rings. The van der Waals surface area contributed by atoms with Gasteiger partial charge in [0.25, 0.3) is 10.0 Å². The average molecular weight is 411 g/mol. The number of nitrogens with one attached hydrogen (secondary N) is 2. The Balaban J connectivity index is 1.76. The summed E-state index contributed by atoms with van der Waals surface area (Å²) in [7, 11) is -3.88. The number of hydrogen-bond acceptors (Lipinski definition) is 5. The molecule has 6 nitrogen and oxygen atoms in total. The quantitative estimate of drug-likeness (QED) is 0.572. The molecule has 1 fully saturated rings. The minimum absolute atomic E-state index is 0.0687. The Labute approximate surface area is 165 Å². The van der Waals surface area contributed by atoms with Crippen LogP contribution < -0.4 is 10.0 Å². The van der Waals surface area contributed by atoms with E-state index < -0.39 is 15.6 Å². The maximum Gasteiger partial charge on any atom is 0.275 e. The monoisotopic (exact) mass is 410 g/mol. The predicted octanol–water partition coefficient (Wildman–Crippen LogP) is 3.99. The molecule has 154 valence electrons. The van der Waals surface area contributed by atoms with E-state index in [1.54, 1.807) is 0 Å². The zero-order valence-corrected chi connectivity index (χ0v) is 17.4. The van der Waals surface area contributed by atoms with Crippen LogP contribution in [-0.2, 0) is 15.6 Å². The van der Waals surface area contributed by atoms with Crippen molar-refractivity contribution >= 4 is 15.7 Å². The van der Waals surface area contributed by atoms with Crippen LogP contribution in [0, 0.1) is 5.82 Å². The van der Waals surface area contributed by atoms with E-state index in [9.17, 15) is 17.9 Å². The van der Waals surface area contributed by atoms with Gasteiger partial charge in [0, 0.05) is 17.3 Å². The van der Waals surface area contributed by atoms with Crippen LogP contribution in [0.2, 0.25) is 0 Å². The van der Waals surface area contributed by atoms with Crippen LogP contribution in [0.3, 0.4) is 0 Å². The summed E-state index contributed by atoms with van der Waals surface area (Å²) in [5.74, 6) is -0.168. The highest BCUT2D eigenvalue weighted by Crippen LogP contribution is 2.46. The van der Waals surface area contributed by atoms with Gasteiger partial charge in [-0.05, 0) is 47.9 Å². The van der Waals surface area contributed by atoms with E-state index in [-0.39, 0.29) is 29.4 Å². The molecule has 8 heteroatoms. The minimum atomic E-state index is -3.88. The van der Waals surface area contributed by atoms with Gasteiger partial charge in [0.2, 0.25) is 5.09 Å². The van der Waals surface area contributed by atoms with Crippen molar-refractivity contribution in [1.82, 2.24) is 4.72 Å². The number of rotatable bonds is 8. The van der Waals surface area contributed by atoms with Crippen molar-refractivity contribution in [1.29, 1.82) is 0 Å². The fraction of sp³-hybridized carbons (Fsp3) is 0.500. The predicted molar refractivity (Wildman–Crippen MR) is 105 cm³/mol. The molecule has 28 heavy (non-hydrogen) atoms. The molecule has 0 unspecified atom stereocenters. The summed E-state index contributed by atoms with van der Waals surface area (Å²) >= 11 is 0. The first-order valence-electron chi connectivity index (χ1n) is 9.42. The number of hydrogen-bond donors (Lipinski definition) is 3. The van der Waals surface area contributed by atoms with Gasteiger partial charge in [-0.25, -0.2) is 12.8 Å². The van der Waals surface area contributed by atoms with Gasteiger partial charge in [-0.1, -0.05) is 27.7 Å².